The second-order valence-corrected chi connectivity index (χ2v) is 5.49. The van der Waals surface area contributed by atoms with Gasteiger partial charge >= 0.3 is 0 Å². The summed E-state index contributed by atoms with van der Waals surface area (Å²) in [5, 5.41) is 4.31. The Balaban J connectivity index is 2.10. The molecular weight excluding hydrogens is 240 g/mol. The van der Waals surface area contributed by atoms with Gasteiger partial charge in [0.2, 0.25) is 0 Å². The van der Waals surface area contributed by atoms with Crippen LogP contribution in [0.25, 0.3) is 0 Å². The van der Waals surface area contributed by atoms with Crippen LogP contribution in [0.5, 0.6) is 0 Å². The Kier molecular flexibility index (Phi) is 4.53. The summed E-state index contributed by atoms with van der Waals surface area (Å²) in [5.41, 5.74) is 9.87. The number of nitrogens with zero attached hydrogens (tertiary/aromatic N) is 1. The van der Waals surface area contributed by atoms with Crippen molar-refractivity contribution in [2.24, 2.45) is 5.73 Å². The fourth-order valence-electron chi connectivity index (χ4n) is 2.14. The van der Waals surface area contributed by atoms with Crippen molar-refractivity contribution in [2.75, 3.05) is 13.6 Å². The van der Waals surface area contributed by atoms with E-state index in [2.05, 4.69) is 60.0 Å². The molecule has 0 saturated heterocycles. The first-order valence-electron chi connectivity index (χ1n) is 6.18. The van der Waals surface area contributed by atoms with Gasteiger partial charge in [0.15, 0.2) is 0 Å². The third-order valence-electron chi connectivity index (χ3n) is 3.23. The lowest BCUT2D eigenvalue weighted by molar-refractivity contribution is 0.242. The average Bonchev–Trinajstić information content (AvgIpc) is 2.85. The van der Waals surface area contributed by atoms with Crippen LogP contribution in [-0.2, 0) is 6.54 Å². The highest BCUT2D eigenvalue weighted by Gasteiger charge is 2.15. The largest absolute Gasteiger partial charge is 0.329 e. The Labute approximate surface area is 113 Å². The monoisotopic (exact) mass is 260 g/mol. The van der Waals surface area contributed by atoms with Crippen molar-refractivity contribution in [1.82, 2.24) is 4.90 Å². The van der Waals surface area contributed by atoms with Crippen molar-refractivity contribution in [3.05, 3.63) is 57.8 Å². The molecular formula is C15H20N2S. The van der Waals surface area contributed by atoms with Gasteiger partial charge in [-0.3, -0.25) is 4.90 Å². The molecule has 1 aromatic heterocycles. The fourth-order valence-corrected chi connectivity index (χ4v) is 2.80. The molecule has 0 amide bonds. The van der Waals surface area contributed by atoms with Crippen LogP contribution in [0.1, 0.15) is 22.7 Å². The van der Waals surface area contributed by atoms with E-state index in [0.717, 1.165) is 6.54 Å². The van der Waals surface area contributed by atoms with Gasteiger partial charge in [0.1, 0.15) is 0 Å². The van der Waals surface area contributed by atoms with Crippen LogP contribution in [0.4, 0.5) is 0 Å². The summed E-state index contributed by atoms with van der Waals surface area (Å²) in [6.45, 7) is 3.69. The van der Waals surface area contributed by atoms with Crippen molar-refractivity contribution < 1.29 is 0 Å². The first kappa shape index (κ1) is 13.3. The molecule has 0 aliphatic heterocycles. The molecule has 96 valence electrons. The van der Waals surface area contributed by atoms with Crippen molar-refractivity contribution >= 4 is 11.3 Å². The van der Waals surface area contributed by atoms with Gasteiger partial charge in [-0.15, -0.1) is 0 Å². The second kappa shape index (κ2) is 6.14. The molecule has 1 heterocycles. The maximum absolute atomic E-state index is 5.93. The van der Waals surface area contributed by atoms with Crippen molar-refractivity contribution in [3.8, 4) is 0 Å². The lowest BCUT2D eigenvalue weighted by Crippen LogP contribution is -2.30. The molecule has 0 aliphatic rings. The molecule has 0 fully saturated rings. The molecule has 1 atom stereocenters. The number of rotatable bonds is 5. The summed E-state index contributed by atoms with van der Waals surface area (Å²) in [4.78, 5) is 2.31. The summed E-state index contributed by atoms with van der Waals surface area (Å²) in [6, 6.07) is 11.1. The predicted octanol–water partition coefficient (Wildman–Crippen LogP) is 3.19. The van der Waals surface area contributed by atoms with Gasteiger partial charge in [0, 0.05) is 19.1 Å². The number of hydrogen-bond donors (Lipinski definition) is 1. The fraction of sp³-hybridized carbons (Fsp3) is 0.333. The molecule has 0 radical (unpaired) electrons. The van der Waals surface area contributed by atoms with Crippen molar-refractivity contribution in [3.63, 3.8) is 0 Å². The molecule has 2 rings (SSSR count). The van der Waals surface area contributed by atoms with Crippen LogP contribution in [0.2, 0.25) is 0 Å². The first-order valence-corrected chi connectivity index (χ1v) is 7.13. The molecule has 0 saturated carbocycles. The zero-order valence-electron chi connectivity index (χ0n) is 11.0. The summed E-state index contributed by atoms with van der Waals surface area (Å²) >= 11 is 1.74. The highest BCUT2D eigenvalue weighted by Crippen LogP contribution is 2.21. The molecule has 1 aromatic carbocycles. The molecule has 2 aromatic rings. The van der Waals surface area contributed by atoms with E-state index in [1.54, 1.807) is 11.3 Å². The topological polar surface area (TPSA) is 29.3 Å². The van der Waals surface area contributed by atoms with Gasteiger partial charge in [0.05, 0.1) is 0 Å². The molecule has 1 unspecified atom stereocenters. The lowest BCUT2D eigenvalue weighted by Gasteiger charge is -2.27. The van der Waals surface area contributed by atoms with Gasteiger partial charge in [-0.05, 0) is 41.9 Å². The molecule has 3 heteroatoms. The Bertz CT molecular complexity index is 462. The van der Waals surface area contributed by atoms with E-state index in [1.807, 2.05) is 0 Å². The van der Waals surface area contributed by atoms with Crippen LogP contribution >= 0.6 is 11.3 Å². The van der Waals surface area contributed by atoms with Crippen LogP contribution in [0.15, 0.2) is 41.1 Å². The second-order valence-electron chi connectivity index (χ2n) is 4.71. The molecule has 2 N–H and O–H groups in total. The predicted molar refractivity (Wildman–Crippen MR) is 78.8 cm³/mol. The quantitative estimate of drug-likeness (QED) is 0.894. The van der Waals surface area contributed by atoms with Crippen LogP contribution in [0, 0.1) is 6.92 Å². The molecule has 0 aliphatic carbocycles. The van der Waals surface area contributed by atoms with Crippen LogP contribution < -0.4 is 5.73 Å². The SMILES string of the molecule is Cc1ccc(C(CN)N(C)Cc2ccsc2)cc1. The molecule has 0 bridgehead atoms. The van der Waals surface area contributed by atoms with E-state index < -0.39 is 0 Å². The third-order valence-corrected chi connectivity index (χ3v) is 3.96. The smallest absolute Gasteiger partial charge is 0.0470 e. The van der Waals surface area contributed by atoms with Crippen molar-refractivity contribution in [1.29, 1.82) is 0 Å². The number of thiophene rings is 1. The van der Waals surface area contributed by atoms with Crippen LogP contribution in [0.3, 0.4) is 0 Å². The average molecular weight is 260 g/mol. The van der Waals surface area contributed by atoms with Crippen molar-refractivity contribution in [2.45, 2.75) is 19.5 Å². The molecule has 18 heavy (non-hydrogen) atoms. The Morgan fingerprint density at radius 3 is 2.50 bits per heavy atom. The van der Waals surface area contributed by atoms with E-state index in [1.165, 1.54) is 16.7 Å². The van der Waals surface area contributed by atoms with Gasteiger partial charge in [0.25, 0.3) is 0 Å². The van der Waals surface area contributed by atoms with Gasteiger partial charge in [-0.2, -0.15) is 11.3 Å². The summed E-state index contributed by atoms with van der Waals surface area (Å²) in [6.07, 6.45) is 0. The Morgan fingerprint density at radius 2 is 1.94 bits per heavy atom. The number of likely N-dealkylation sites (N-methyl/N-ethyl adjacent to an activating group) is 1. The van der Waals surface area contributed by atoms with E-state index in [9.17, 15) is 0 Å². The summed E-state index contributed by atoms with van der Waals surface area (Å²) in [5.74, 6) is 0. The van der Waals surface area contributed by atoms with E-state index in [4.69, 9.17) is 5.73 Å². The molecule has 2 nitrogen and oxygen atoms in total. The normalized spacial score (nSPS) is 12.9. The third kappa shape index (κ3) is 3.19. The summed E-state index contributed by atoms with van der Waals surface area (Å²) in [7, 11) is 2.13. The first-order chi connectivity index (χ1) is 8.70. The Hall–Kier alpha value is -1.16. The number of aryl methyl sites for hydroxylation is 1. The Morgan fingerprint density at radius 1 is 1.22 bits per heavy atom. The lowest BCUT2D eigenvalue weighted by atomic mass is 10.0. The van der Waals surface area contributed by atoms with E-state index in [0.29, 0.717) is 6.54 Å². The van der Waals surface area contributed by atoms with Crippen LogP contribution in [-0.4, -0.2) is 18.5 Å². The minimum atomic E-state index is 0.283. The minimum Gasteiger partial charge on any atom is -0.329 e. The standard InChI is InChI=1S/C15H20N2S/c1-12-3-5-14(6-4-12)15(9-16)17(2)10-13-7-8-18-11-13/h3-8,11,15H,9-10,16H2,1-2H3. The number of benzene rings is 1. The summed E-state index contributed by atoms with van der Waals surface area (Å²) < 4.78 is 0. The number of hydrogen-bond acceptors (Lipinski definition) is 3. The maximum Gasteiger partial charge on any atom is 0.0470 e. The van der Waals surface area contributed by atoms with Gasteiger partial charge < -0.3 is 5.73 Å². The van der Waals surface area contributed by atoms with E-state index >= 15 is 0 Å². The maximum atomic E-state index is 5.93. The number of nitrogens with two attached hydrogens (primary N) is 1. The highest BCUT2D eigenvalue weighted by atomic mass is 32.1. The highest BCUT2D eigenvalue weighted by molar-refractivity contribution is 7.07. The molecule has 0 spiro atoms. The van der Waals surface area contributed by atoms with Gasteiger partial charge in [-0.25, -0.2) is 0 Å². The van der Waals surface area contributed by atoms with Gasteiger partial charge in [-0.1, -0.05) is 29.8 Å². The zero-order chi connectivity index (χ0) is 13.0. The van der Waals surface area contributed by atoms with E-state index in [-0.39, 0.29) is 6.04 Å². The zero-order valence-corrected chi connectivity index (χ0v) is 11.8. The minimum absolute atomic E-state index is 0.283.